The third kappa shape index (κ3) is 23.6. The normalized spacial score (nSPS) is 12.1. The van der Waals surface area contributed by atoms with E-state index in [1.807, 2.05) is 12.1 Å². The number of carbonyl (C=O) groups excluding carboxylic acids is 1. The second-order valence-electron chi connectivity index (χ2n) is 13.8. The first-order chi connectivity index (χ1) is 22.0. The minimum absolute atomic E-state index is 0.0267. The number of nitrogens with one attached hydrogen (secondary N) is 1. The van der Waals surface area contributed by atoms with Crippen LogP contribution in [0.25, 0.3) is 0 Å². The molecule has 1 unspecified atom stereocenters. The quantitative estimate of drug-likeness (QED) is 0.0807. The van der Waals surface area contributed by atoms with E-state index in [2.05, 4.69) is 39.9 Å². The molecule has 1 aromatic rings. The predicted molar refractivity (Wildman–Crippen MR) is 196 cm³/mol. The summed E-state index contributed by atoms with van der Waals surface area (Å²) in [6.45, 7) is 13.4. The Kier molecular flexibility index (Phi) is 27.7. The average Bonchev–Trinajstić information content (AvgIpc) is 3.03. The van der Waals surface area contributed by atoms with Crippen LogP contribution in [0.5, 0.6) is 0 Å². The molecular formula is C41H75NO3. The molecule has 45 heavy (non-hydrogen) atoms. The van der Waals surface area contributed by atoms with Gasteiger partial charge in [0.25, 0.3) is 5.91 Å². The fourth-order valence-electron chi connectivity index (χ4n) is 6.09. The van der Waals surface area contributed by atoms with Gasteiger partial charge in [0.15, 0.2) is 0 Å². The highest BCUT2D eigenvalue weighted by molar-refractivity contribution is 5.94. The lowest BCUT2D eigenvalue weighted by molar-refractivity contribution is -0.0170. The van der Waals surface area contributed by atoms with Crippen molar-refractivity contribution < 1.29 is 14.3 Å². The summed E-state index contributed by atoms with van der Waals surface area (Å²) in [6, 6.07) is 3.98. The van der Waals surface area contributed by atoms with E-state index in [1.54, 1.807) is 0 Å². The highest BCUT2D eigenvalue weighted by Gasteiger charge is 2.14. The molecule has 0 bridgehead atoms. The topological polar surface area (TPSA) is 47.6 Å². The number of unbranched alkanes of at least 4 members (excludes halogenated alkanes) is 22. The van der Waals surface area contributed by atoms with Crippen LogP contribution in [0.4, 0.5) is 0 Å². The Bertz CT molecular complexity index is 800. The van der Waals surface area contributed by atoms with Crippen LogP contribution < -0.4 is 5.32 Å². The molecule has 0 heterocycles. The summed E-state index contributed by atoms with van der Waals surface area (Å²) in [5, 5.41) is 3.13. The Morgan fingerprint density at radius 3 is 1.38 bits per heavy atom. The first kappa shape index (κ1) is 41.6. The fraction of sp³-hybridized carbons (Fsp3) is 0.829. The van der Waals surface area contributed by atoms with Crippen LogP contribution in [0.2, 0.25) is 0 Å². The molecule has 0 aliphatic carbocycles. The lowest BCUT2D eigenvalue weighted by atomic mass is 10.0. The van der Waals surface area contributed by atoms with Crippen molar-refractivity contribution in [3.05, 3.63) is 34.4 Å². The molecule has 0 fully saturated rings. The number of rotatable bonds is 32. The van der Waals surface area contributed by atoms with E-state index in [4.69, 9.17) is 9.47 Å². The number of amides is 1. The SMILES string of the molecule is CCCCCCCCCCCCCCOCC(CNC(=O)c1cc(C)c(C)c(C)c1)OCCCCCCCCCCCCCC. The van der Waals surface area contributed by atoms with Gasteiger partial charge < -0.3 is 14.8 Å². The van der Waals surface area contributed by atoms with E-state index >= 15 is 0 Å². The van der Waals surface area contributed by atoms with E-state index in [-0.39, 0.29) is 12.0 Å². The Labute approximate surface area is 280 Å². The number of aryl methyl sites for hydroxylation is 2. The zero-order valence-electron chi connectivity index (χ0n) is 30.8. The van der Waals surface area contributed by atoms with Gasteiger partial charge in [0.1, 0.15) is 0 Å². The van der Waals surface area contributed by atoms with E-state index in [0.717, 1.165) is 42.7 Å². The maximum Gasteiger partial charge on any atom is 0.251 e. The maximum absolute atomic E-state index is 12.9. The summed E-state index contributed by atoms with van der Waals surface area (Å²) in [7, 11) is 0. The fourth-order valence-corrected chi connectivity index (χ4v) is 6.09. The van der Waals surface area contributed by atoms with Crippen LogP contribution in [-0.2, 0) is 9.47 Å². The Hall–Kier alpha value is -1.39. The molecule has 262 valence electrons. The standard InChI is InChI=1S/C41H75NO3/c1-6-8-10-12-14-16-18-20-22-24-26-28-30-44-35-40(34-42-41(43)39-32-36(3)38(5)37(4)33-39)45-31-29-27-25-23-21-19-17-15-13-11-9-7-2/h32-33,40H,6-31,34-35H2,1-5H3,(H,42,43). The highest BCUT2D eigenvalue weighted by Crippen LogP contribution is 2.16. The van der Waals surface area contributed by atoms with Gasteiger partial charge in [0.2, 0.25) is 0 Å². The zero-order valence-corrected chi connectivity index (χ0v) is 30.8. The van der Waals surface area contributed by atoms with Crippen LogP contribution in [0.3, 0.4) is 0 Å². The summed E-state index contributed by atoms with van der Waals surface area (Å²) in [5.41, 5.74) is 4.30. The van der Waals surface area contributed by atoms with Crippen molar-refractivity contribution in [2.45, 2.75) is 195 Å². The van der Waals surface area contributed by atoms with Gasteiger partial charge in [-0.25, -0.2) is 0 Å². The van der Waals surface area contributed by atoms with Crippen LogP contribution in [0.15, 0.2) is 12.1 Å². The lowest BCUT2D eigenvalue weighted by Crippen LogP contribution is -2.36. The van der Waals surface area contributed by atoms with Crippen molar-refractivity contribution in [1.82, 2.24) is 5.32 Å². The summed E-state index contributed by atoms with van der Waals surface area (Å²) < 4.78 is 12.3. The molecule has 1 amide bonds. The molecule has 0 radical (unpaired) electrons. The highest BCUT2D eigenvalue weighted by atomic mass is 16.5. The van der Waals surface area contributed by atoms with E-state index < -0.39 is 0 Å². The minimum atomic E-state index is -0.105. The molecular weight excluding hydrogens is 554 g/mol. The molecule has 1 N–H and O–H groups in total. The minimum Gasteiger partial charge on any atom is -0.379 e. The summed E-state index contributed by atoms with van der Waals surface area (Å²) in [4.78, 5) is 12.9. The predicted octanol–water partition coefficient (Wildman–Crippen LogP) is 12.1. The van der Waals surface area contributed by atoms with E-state index in [0.29, 0.717) is 13.2 Å². The van der Waals surface area contributed by atoms with Crippen molar-refractivity contribution in [2.24, 2.45) is 0 Å². The Morgan fingerprint density at radius 2 is 0.956 bits per heavy atom. The van der Waals surface area contributed by atoms with E-state index in [9.17, 15) is 4.79 Å². The van der Waals surface area contributed by atoms with Gasteiger partial charge in [-0.1, -0.05) is 155 Å². The third-order valence-electron chi connectivity index (χ3n) is 9.48. The molecule has 4 heteroatoms. The lowest BCUT2D eigenvalue weighted by Gasteiger charge is -2.19. The molecule has 0 saturated carbocycles. The number of hydrogen-bond donors (Lipinski definition) is 1. The van der Waals surface area contributed by atoms with Gasteiger partial charge >= 0.3 is 0 Å². The number of ether oxygens (including phenoxy) is 2. The number of benzene rings is 1. The van der Waals surface area contributed by atoms with Gasteiger partial charge in [0, 0.05) is 25.3 Å². The second-order valence-corrected chi connectivity index (χ2v) is 13.8. The second kappa shape index (κ2) is 30.0. The Balaban J connectivity index is 2.26. The first-order valence-corrected chi connectivity index (χ1v) is 19.5. The van der Waals surface area contributed by atoms with Gasteiger partial charge in [-0.3, -0.25) is 4.79 Å². The molecule has 1 rings (SSSR count). The Morgan fingerprint density at radius 1 is 0.578 bits per heavy atom. The van der Waals surface area contributed by atoms with Gasteiger partial charge in [-0.2, -0.15) is 0 Å². The smallest absolute Gasteiger partial charge is 0.251 e. The summed E-state index contributed by atoms with van der Waals surface area (Å²) in [5.74, 6) is -0.0267. The molecule has 0 saturated heterocycles. The molecule has 4 nitrogen and oxygen atoms in total. The maximum atomic E-state index is 12.9. The summed E-state index contributed by atoms with van der Waals surface area (Å²) in [6.07, 6.45) is 32.1. The molecule has 0 spiro atoms. The molecule has 0 aromatic heterocycles. The molecule has 0 aliphatic heterocycles. The van der Waals surface area contributed by atoms with Crippen LogP contribution in [-0.4, -0.2) is 38.4 Å². The third-order valence-corrected chi connectivity index (χ3v) is 9.48. The van der Waals surface area contributed by atoms with Crippen molar-refractivity contribution >= 4 is 5.91 Å². The van der Waals surface area contributed by atoms with E-state index in [1.165, 1.54) is 147 Å². The monoisotopic (exact) mass is 630 g/mol. The van der Waals surface area contributed by atoms with Gasteiger partial charge in [-0.15, -0.1) is 0 Å². The van der Waals surface area contributed by atoms with Crippen molar-refractivity contribution in [1.29, 1.82) is 0 Å². The average molecular weight is 630 g/mol. The molecule has 1 aromatic carbocycles. The molecule has 0 aliphatic rings. The van der Waals surface area contributed by atoms with Crippen molar-refractivity contribution in [2.75, 3.05) is 26.4 Å². The molecule has 1 atom stereocenters. The summed E-state index contributed by atoms with van der Waals surface area (Å²) >= 11 is 0. The van der Waals surface area contributed by atoms with Crippen LogP contribution in [0.1, 0.15) is 195 Å². The van der Waals surface area contributed by atoms with Crippen LogP contribution >= 0.6 is 0 Å². The van der Waals surface area contributed by atoms with Crippen molar-refractivity contribution in [3.8, 4) is 0 Å². The zero-order chi connectivity index (χ0) is 32.8. The first-order valence-electron chi connectivity index (χ1n) is 19.5. The van der Waals surface area contributed by atoms with Gasteiger partial charge in [0.05, 0.1) is 12.7 Å². The number of carbonyl (C=O) groups is 1. The largest absolute Gasteiger partial charge is 0.379 e. The number of hydrogen-bond acceptors (Lipinski definition) is 3. The van der Waals surface area contributed by atoms with Crippen molar-refractivity contribution in [3.63, 3.8) is 0 Å². The van der Waals surface area contributed by atoms with Gasteiger partial charge in [-0.05, 0) is 62.4 Å². The van der Waals surface area contributed by atoms with Crippen LogP contribution in [0, 0.1) is 20.8 Å².